The minimum Gasteiger partial charge on any atom is -0.439 e. The minimum atomic E-state index is -0.996. The summed E-state index contributed by atoms with van der Waals surface area (Å²) in [6.45, 7) is 9.00. The number of ether oxygens (including phenoxy) is 3. The van der Waals surface area contributed by atoms with Crippen LogP contribution in [-0.4, -0.2) is 90.8 Å². The molecule has 6 atom stereocenters. The number of aliphatic hydroxyl groups is 1. The molecule has 1 aromatic rings. The maximum Gasteiger partial charge on any atom is 0.405 e. The zero-order valence-electron chi connectivity index (χ0n) is 35.9. The summed E-state index contributed by atoms with van der Waals surface area (Å²) < 4.78 is 16.9. The van der Waals surface area contributed by atoms with E-state index >= 15 is 0 Å². The number of primary amides is 1. The molecule has 1 aromatic carbocycles. The molecule has 6 aliphatic rings. The summed E-state index contributed by atoms with van der Waals surface area (Å²) in [6.07, 6.45) is 11.5. The lowest BCUT2D eigenvalue weighted by atomic mass is 9.52. The number of nitrogens with zero attached hydrogens (tertiary/aromatic N) is 1. The second kappa shape index (κ2) is 19.8. The highest BCUT2D eigenvalue weighted by atomic mass is 35.5. The normalized spacial score (nSPS) is 35.0. The fourth-order valence-corrected chi connectivity index (χ4v) is 11.0. The number of amides is 2. The van der Waals surface area contributed by atoms with Crippen LogP contribution < -0.4 is 16.4 Å². The highest BCUT2D eigenvalue weighted by molar-refractivity contribution is 6.30. The van der Waals surface area contributed by atoms with Crippen molar-refractivity contribution in [2.24, 2.45) is 35.3 Å². The Kier molecular flexibility index (Phi) is 15.0. The lowest BCUT2D eigenvalue weighted by Gasteiger charge is -2.60. The van der Waals surface area contributed by atoms with Crippen molar-refractivity contribution >= 4 is 35.2 Å². The van der Waals surface area contributed by atoms with E-state index in [0.717, 1.165) is 24.3 Å². The molecule has 6 bridgehead atoms. The highest BCUT2D eigenvalue weighted by Crippen LogP contribution is 2.58. The van der Waals surface area contributed by atoms with Gasteiger partial charge in [0.1, 0.15) is 6.10 Å². The van der Waals surface area contributed by atoms with Crippen LogP contribution in [0.3, 0.4) is 0 Å². The number of fused-ring (bicyclic) bond motifs is 2. The summed E-state index contributed by atoms with van der Waals surface area (Å²) in [5.41, 5.74) is 7.97. The summed E-state index contributed by atoms with van der Waals surface area (Å²) >= 11 is 6.27. The Morgan fingerprint density at radius 2 is 1.65 bits per heavy atom. The van der Waals surface area contributed by atoms with Crippen molar-refractivity contribution in [2.45, 2.75) is 116 Å². The molecular formula is C47H63ClN4O8. The summed E-state index contributed by atoms with van der Waals surface area (Å²) in [4.78, 5) is 56.5. The van der Waals surface area contributed by atoms with Crippen LogP contribution in [0.2, 0.25) is 5.02 Å². The van der Waals surface area contributed by atoms with Crippen LogP contribution in [-0.2, 0) is 35.1 Å². The van der Waals surface area contributed by atoms with E-state index in [0.29, 0.717) is 30.1 Å². The van der Waals surface area contributed by atoms with Crippen LogP contribution >= 0.6 is 11.6 Å². The number of Topliss-reactive ketones (excluding diaryl/α,β-unsaturated/α-hetero) is 1. The number of methoxy groups -OCH3 is 2. The Bertz CT molecular complexity index is 1900. The smallest absolute Gasteiger partial charge is 0.405 e. The number of allylic oxidation sites excluding steroid dienone is 4. The van der Waals surface area contributed by atoms with E-state index in [4.69, 9.17) is 31.5 Å². The number of halogens is 1. The SMILES string of the molecule is CO[C@H]1/C=C\C=C(/C)C(=O)NC2=CC(=O)C(NCCN(Cc3ccc(Cl)cc3)C34CC5CC(CC(C5)C3)C4)=C(C[C@@H](C)C[C@H](OC)[C@H](O)[C@@H](C)/C=C(\C)[C@@H]1OC(N)=O)C2=O. The van der Waals surface area contributed by atoms with Crippen molar-refractivity contribution < 1.29 is 38.5 Å². The van der Waals surface area contributed by atoms with Crippen LogP contribution in [0.15, 0.2) is 82.8 Å². The number of benzene rings is 1. The van der Waals surface area contributed by atoms with Crippen LogP contribution in [0, 0.1) is 29.6 Å². The average molecular weight is 847 g/mol. The molecular weight excluding hydrogens is 784 g/mol. The van der Waals surface area contributed by atoms with Crippen molar-refractivity contribution in [3.63, 3.8) is 0 Å². The van der Waals surface area contributed by atoms with Gasteiger partial charge in [0.25, 0.3) is 5.91 Å². The Labute approximate surface area is 359 Å². The number of carbonyl (C=O) groups is 4. The van der Waals surface area contributed by atoms with Gasteiger partial charge in [-0.1, -0.05) is 61.9 Å². The van der Waals surface area contributed by atoms with E-state index in [2.05, 4.69) is 27.7 Å². The Morgan fingerprint density at radius 3 is 2.25 bits per heavy atom. The molecule has 1 heterocycles. The second-order valence-corrected chi connectivity index (χ2v) is 18.5. The van der Waals surface area contributed by atoms with Gasteiger partial charge < -0.3 is 35.7 Å². The van der Waals surface area contributed by atoms with Gasteiger partial charge in [-0.3, -0.25) is 19.3 Å². The first-order valence-corrected chi connectivity index (χ1v) is 21.8. The minimum absolute atomic E-state index is 0.0900. The van der Waals surface area contributed by atoms with E-state index < -0.39 is 48.1 Å². The molecule has 0 unspecified atom stereocenters. The van der Waals surface area contributed by atoms with Gasteiger partial charge in [0.15, 0.2) is 6.10 Å². The Morgan fingerprint density at radius 1 is 1.00 bits per heavy atom. The summed E-state index contributed by atoms with van der Waals surface area (Å²) in [7, 11) is 2.98. The van der Waals surface area contributed by atoms with E-state index in [9.17, 15) is 24.3 Å². The number of hydrogen-bond acceptors (Lipinski definition) is 10. The standard InChI is InChI=1S/C47H63ClN4O8/c1-27-16-36-41(50-14-15-52(26-31-10-12-35(48)13-11-31)47-23-32-19-33(24-47)21-34(20-32)25-47)38(53)22-37(43(36)55)51-45(56)28(2)8-7-9-39(58-5)44(60-46(49)57)30(4)18-29(3)42(54)40(17-27)59-6/h7-13,18,22,27,29,32-34,39-40,42,44,50,54H,14-17,19-21,23-26H2,1-6H3,(H2,49,57)(H,51,56)/b9-7-,28-8+,30-18+/t27-,29+,32?,33?,34?,39+,40+,42-,44+,47?/m1/s1. The molecule has 326 valence electrons. The Hall–Kier alpha value is -4.07. The Balaban J connectivity index is 1.29. The summed E-state index contributed by atoms with van der Waals surface area (Å²) in [5.74, 6) is 0.168. The first-order chi connectivity index (χ1) is 28.6. The molecule has 5 N–H and O–H groups in total. The second-order valence-electron chi connectivity index (χ2n) is 18.0. The zero-order chi connectivity index (χ0) is 43.3. The fourth-order valence-electron chi connectivity index (χ4n) is 10.8. The molecule has 13 heteroatoms. The molecule has 2 amide bonds. The highest BCUT2D eigenvalue weighted by Gasteiger charge is 2.53. The number of carbonyl (C=O) groups excluding carboxylic acids is 4. The van der Waals surface area contributed by atoms with Gasteiger partial charge >= 0.3 is 6.09 Å². The van der Waals surface area contributed by atoms with Crippen LogP contribution in [0.1, 0.15) is 84.6 Å². The molecule has 4 saturated carbocycles. The van der Waals surface area contributed by atoms with E-state index in [1.807, 2.05) is 26.0 Å². The average Bonchev–Trinajstić information content (AvgIpc) is 3.19. The van der Waals surface area contributed by atoms with Gasteiger partial charge in [0, 0.05) is 67.6 Å². The summed E-state index contributed by atoms with van der Waals surface area (Å²) in [6, 6.07) is 8.04. The van der Waals surface area contributed by atoms with Crippen molar-refractivity contribution in [1.82, 2.24) is 15.5 Å². The maximum atomic E-state index is 14.4. The molecule has 60 heavy (non-hydrogen) atoms. The molecule has 0 radical (unpaired) electrons. The molecule has 12 nitrogen and oxygen atoms in total. The van der Waals surface area contributed by atoms with Gasteiger partial charge in [0.2, 0.25) is 11.6 Å². The van der Waals surface area contributed by atoms with Gasteiger partial charge in [0.05, 0.1) is 23.6 Å². The maximum absolute atomic E-state index is 14.4. The third kappa shape index (κ3) is 10.7. The largest absolute Gasteiger partial charge is 0.439 e. The molecule has 7 rings (SSSR count). The third-order valence-corrected chi connectivity index (χ3v) is 13.7. The summed E-state index contributed by atoms with van der Waals surface area (Å²) in [5, 5.41) is 18.4. The van der Waals surface area contributed by atoms with E-state index in [1.54, 1.807) is 32.1 Å². The molecule has 5 aliphatic carbocycles. The molecule has 1 aliphatic heterocycles. The lowest BCUT2D eigenvalue weighted by molar-refractivity contribution is -0.120. The van der Waals surface area contributed by atoms with E-state index in [-0.39, 0.29) is 46.2 Å². The van der Waals surface area contributed by atoms with Crippen LogP contribution in [0.5, 0.6) is 0 Å². The van der Waals surface area contributed by atoms with Crippen LogP contribution in [0.4, 0.5) is 4.79 Å². The molecule has 0 aromatic heterocycles. The van der Waals surface area contributed by atoms with Gasteiger partial charge in [-0.2, -0.15) is 0 Å². The predicted molar refractivity (Wildman–Crippen MR) is 230 cm³/mol. The van der Waals surface area contributed by atoms with Crippen molar-refractivity contribution in [3.05, 3.63) is 93.3 Å². The number of hydrogen-bond donors (Lipinski definition) is 4. The quantitative estimate of drug-likeness (QED) is 0.151. The topological polar surface area (TPSA) is 170 Å². The number of aliphatic hydroxyl groups excluding tert-OH is 1. The lowest BCUT2D eigenvalue weighted by Crippen LogP contribution is -2.60. The number of nitrogens with one attached hydrogen (secondary N) is 2. The number of ketones is 2. The fraction of sp³-hybridized carbons (Fsp3) is 0.574. The van der Waals surface area contributed by atoms with Gasteiger partial charge in [-0.05, 0) is 112 Å². The first kappa shape index (κ1) is 45.5. The first-order valence-electron chi connectivity index (χ1n) is 21.4. The molecule has 0 saturated heterocycles. The van der Waals surface area contributed by atoms with Gasteiger partial charge in [-0.25, -0.2) is 4.79 Å². The van der Waals surface area contributed by atoms with Crippen molar-refractivity contribution in [1.29, 1.82) is 0 Å². The molecule has 0 spiro atoms. The third-order valence-electron chi connectivity index (χ3n) is 13.4. The zero-order valence-corrected chi connectivity index (χ0v) is 36.6. The molecule has 4 fully saturated rings. The van der Waals surface area contributed by atoms with Gasteiger partial charge in [-0.15, -0.1) is 0 Å². The van der Waals surface area contributed by atoms with Crippen molar-refractivity contribution in [3.8, 4) is 0 Å². The van der Waals surface area contributed by atoms with Crippen LogP contribution in [0.25, 0.3) is 0 Å². The predicted octanol–water partition coefficient (Wildman–Crippen LogP) is 6.48. The monoisotopic (exact) mass is 846 g/mol. The number of nitrogens with two attached hydrogens (primary N) is 1. The van der Waals surface area contributed by atoms with E-state index in [1.165, 1.54) is 70.5 Å². The van der Waals surface area contributed by atoms with Crippen molar-refractivity contribution in [2.75, 3.05) is 27.3 Å². The number of rotatable bonds is 10.